The summed E-state index contributed by atoms with van der Waals surface area (Å²) in [4.78, 5) is 4.43. The summed E-state index contributed by atoms with van der Waals surface area (Å²) in [5, 5.41) is 4.05. The maximum absolute atomic E-state index is 4.43. The minimum absolute atomic E-state index is 0.822. The normalized spacial score (nSPS) is 12.1. The molecule has 84 valence electrons. The molecule has 0 unspecified atom stereocenters. The van der Waals surface area contributed by atoms with Gasteiger partial charge in [0.05, 0.1) is 6.20 Å². The zero-order valence-corrected chi connectivity index (χ0v) is 10.1. The van der Waals surface area contributed by atoms with E-state index in [9.17, 15) is 0 Å². The van der Waals surface area contributed by atoms with Crippen LogP contribution in [0.3, 0.4) is 0 Å². The van der Waals surface area contributed by atoms with E-state index in [1.54, 1.807) is 10.9 Å². The molecule has 0 bridgehead atoms. The van der Waals surface area contributed by atoms with E-state index in [0.717, 1.165) is 22.7 Å². The van der Waals surface area contributed by atoms with Crippen molar-refractivity contribution in [2.24, 2.45) is 12.0 Å². The lowest BCUT2D eigenvalue weighted by Gasteiger charge is -2.00. The SMILES string of the molecule is C=C(C)/C=C\C(=C)/C(C)=N/c1ccnn1C. The van der Waals surface area contributed by atoms with Crippen molar-refractivity contribution < 1.29 is 0 Å². The third-order valence-corrected chi connectivity index (χ3v) is 2.11. The second kappa shape index (κ2) is 5.26. The molecule has 1 heterocycles. The van der Waals surface area contributed by atoms with E-state index in [-0.39, 0.29) is 0 Å². The summed E-state index contributed by atoms with van der Waals surface area (Å²) in [5.41, 5.74) is 2.75. The van der Waals surface area contributed by atoms with Crippen LogP contribution in [0, 0.1) is 0 Å². The molecule has 3 nitrogen and oxygen atoms in total. The van der Waals surface area contributed by atoms with Gasteiger partial charge in [-0.15, -0.1) is 0 Å². The molecule has 16 heavy (non-hydrogen) atoms. The van der Waals surface area contributed by atoms with Gasteiger partial charge in [-0.1, -0.05) is 30.9 Å². The fraction of sp³-hybridized carbons (Fsp3) is 0.231. The molecule has 0 N–H and O–H groups in total. The van der Waals surface area contributed by atoms with Gasteiger partial charge in [0.15, 0.2) is 0 Å². The monoisotopic (exact) mass is 215 g/mol. The average Bonchev–Trinajstić information content (AvgIpc) is 2.60. The first-order valence-electron chi connectivity index (χ1n) is 5.07. The van der Waals surface area contributed by atoms with Crippen molar-refractivity contribution in [1.29, 1.82) is 0 Å². The smallest absolute Gasteiger partial charge is 0.150 e. The van der Waals surface area contributed by atoms with Gasteiger partial charge in [0.25, 0.3) is 0 Å². The Bertz CT molecular complexity index is 461. The lowest BCUT2D eigenvalue weighted by atomic mass is 10.1. The van der Waals surface area contributed by atoms with Gasteiger partial charge in [0, 0.05) is 18.8 Å². The summed E-state index contributed by atoms with van der Waals surface area (Å²) >= 11 is 0. The van der Waals surface area contributed by atoms with Gasteiger partial charge in [0.2, 0.25) is 0 Å². The Morgan fingerprint density at radius 2 is 2.06 bits per heavy atom. The van der Waals surface area contributed by atoms with Crippen molar-refractivity contribution in [3.05, 3.63) is 48.7 Å². The molecular weight excluding hydrogens is 198 g/mol. The Morgan fingerprint density at radius 3 is 2.56 bits per heavy atom. The van der Waals surface area contributed by atoms with Gasteiger partial charge in [-0.3, -0.25) is 4.68 Å². The van der Waals surface area contributed by atoms with Crippen LogP contribution in [-0.4, -0.2) is 15.5 Å². The van der Waals surface area contributed by atoms with E-state index < -0.39 is 0 Å². The van der Waals surface area contributed by atoms with Crippen LogP contribution >= 0.6 is 0 Å². The highest BCUT2D eigenvalue weighted by Gasteiger charge is 1.98. The number of aromatic nitrogens is 2. The summed E-state index contributed by atoms with van der Waals surface area (Å²) in [6.45, 7) is 11.6. The molecule has 0 fully saturated rings. The lowest BCUT2D eigenvalue weighted by molar-refractivity contribution is 0.770. The van der Waals surface area contributed by atoms with Crippen LogP contribution in [0.25, 0.3) is 0 Å². The molecule has 0 aliphatic rings. The molecule has 0 saturated carbocycles. The number of hydrogen-bond acceptors (Lipinski definition) is 2. The van der Waals surface area contributed by atoms with Crippen LogP contribution in [0.15, 0.2) is 53.7 Å². The molecule has 0 spiro atoms. The molecule has 0 aliphatic carbocycles. The Balaban J connectivity index is 2.82. The highest BCUT2D eigenvalue weighted by atomic mass is 15.3. The van der Waals surface area contributed by atoms with E-state index in [4.69, 9.17) is 0 Å². The molecule has 0 atom stereocenters. The summed E-state index contributed by atoms with van der Waals surface area (Å²) in [7, 11) is 1.86. The Morgan fingerprint density at radius 1 is 1.38 bits per heavy atom. The van der Waals surface area contributed by atoms with Crippen LogP contribution < -0.4 is 0 Å². The maximum Gasteiger partial charge on any atom is 0.150 e. The number of aryl methyl sites for hydroxylation is 1. The Labute approximate surface area is 96.5 Å². The fourth-order valence-electron chi connectivity index (χ4n) is 1.08. The van der Waals surface area contributed by atoms with Crippen molar-refractivity contribution in [1.82, 2.24) is 9.78 Å². The number of nitrogens with zero attached hydrogens (tertiary/aromatic N) is 3. The molecule has 0 aromatic carbocycles. The minimum Gasteiger partial charge on any atom is -0.251 e. The van der Waals surface area contributed by atoms with E-state index in [1.165, 1.54) is 0 Å². The molecule has 1 aromatic heterocycles. The summed E-state index contributed by atoms with van der Waals surface area (Å²) in [6, 6.07) is 1.86. The van der Waals surface area contributed by atoms with Gasteiger partial charge < -0.3 is 0 Å². The van der Waals surface area contributed by atoms with Crippen molar-refractivity contribution in [2.45, 2.75) is 13.8 Å². The molecule has 0 radical (unpaired) electrons. The van der Waals surface area contributed by atoms with E-state index in [2.05, 4.69) is 23.2 Å². The highest BCUT2D eigenvalue weighted by molar-refractivity contribution is 6.01. The standard InChI is InChI=1S/C13H17N3/c1-10(2)6-7-11(3)12(4)15-13-8-9-14-16(13)5/h6-9H,1,3H2,2,4-5H3/b7-6-,15-12+. The number of hydrogen-bond donors (Lipinski definition) is 0. The van der Waals surface area contributed by atoms with Crippen molar-refractivity contribution in [3.63, 3.8) is 0 Å². The molecule has 1 rings (SSSR count). The maximum atomic E-state index is 4.43. The van der Waals surface area contributed by atoms with Crippen molar-refractivity contribution in [2.75, 3.05) is 0 Å². The predicted octanol–water partition coefficient (Wildman–Crippen LogP) is 3.20. The molecule has 0 saturated heterocycles. The second-order valence-electron chi connectivity index (χ2n) is 3.72. The third kappa shape index (κ3) is 3.35. The van der Waals surface area contributed by atoms with Crippen LogP contribution in [-0.2, 0) is 7.05 Å². The molecular formula is C13H17N3. The van der Waals surface area contributed by atoms with Crippen molar-refractivity contribution >= 4 is 11.5 Å². The Kier molecular flexibility index (Phi) is 4.00. The van der Waals surface area contributed by atoms with Gasteiger partial charge in [0.1, 0.15) is 5.82 Å². The largest absolute Gasteiger partial charge is 0.251 e. The van der Waals surface area contributed by atoms with Crippen molar-refractivity contribution in [3.8, 4) is 0 Å². The molecule has 0 amide bonds. The average molecular weight is 215 g/mol. The summed E-state index contributed by atoms with van der Waals surface area (Å²) in [5.74, 6) is 0.822. The number of allylic oxidation sites excluding steroid dienone is 4. The molecule has 0 aliphatic heterocycles. The lowest BCUT2D eigenvalue weighted by Crippen LogP contribution is -1.95. The van der Waals surface area contributed by atoms with E-state index in [0.29, 0.717) is 0 Å². The van der Waals surface area contributed by atoms with Gasteiger partial charge >= 0.3 is 0 Å². The Hall–Kier alpha value is -1.90. The predicted molar refractivity (Wildman–Crippen MR) is 69.1 cm³/mol. The van der Waals surface area contributed by atoms with Gasteiger partial charge in [-0.25, -0.2) is 4.99 Å². The van der Waals surface area contributed by atoms with E-state index in [1.807, 2.05) is 39.1 Å². The number of rotatable bonds is 4. The van der Waals surface area contributed by atoms with Crippen LogP contribution in [0.4, 0.5) is 5.82 Å². The number of aliphatic imine (C=N–C) groups is 1. The summed E-state index contributed by atoms with van der Waals surface area (Å²) in [6.07, 6.45) is 5.56. The van der Waals surface area contributed by atoms with Crippen LogP contribution in [0.5, 0.6) is 0 Å². The summed E-state index contributed by atoms with van der Waals surface area (Å²) < 4.78 is 1.72. The zero-order chi connectivity index (χ0) is 12.1. The quantitative estimate of drug-likeness (QED) is 0.560. The first-order valence-corrected chi connectivity index (χ1v) is 5.07. The first-order chi connectivity index (χ1) is 7.50. The minimum atomic E-state index is 0.822. The zero-order valence-electron chi connectivity index (χ0n) is 10.1. The van der Waals surface area contributed by atoms with Gasteiger partial charge in [-0.2, -0.15) is 5.10 Å². The first kappa shape index (κ1) is 12.2. The topological polar surface area (TPSA) is 30.2 Å². The van der Waals surface area contributed by atoms with Gasteiger partial charge in [-0.05, 0) is 19.4 Å². The third-order valence-electron chi connectivity index (χ3n) is 2.11. The second-order valence-corrected chi connectivity index (χ2v) is 3.72. The van der Waals surface area contributed by atoms with Crippen LogP contribution in [0.1, 0.15) is 13.8 Å². The highest BCUT2D eigenvalue weighted by Crippen LogP contribution is 2.11. The molecule has 1 aromatic rings. The van der Waals surface area contributed by atoms with E-state index >= 15 is 0 Å². The van der Waals surface area contributed by atoms with Crippen LogP contribution in [0.2, 0.25) is 0 Å². The fourth-order valence-corrected chi connectivity index (χ4v) is 1.08. The molecule has 3 heteroatoms.